The fourth-order valence-electron chi connectivity index (χ4n) is 3.13. The van der Waals surface area contributed by atoms with Crippen molar-refractivity contribution in [3.8, 4) is 11.3 Å². The molecule has 0 saturated carbocycles. The lowest BCUT2D eigenvalue weighted by molar-refractivity contribution is -0.125. The summed E-state index contributed by atoms with van der Waals surface area (Å²) in [4.78, 5) is 23.4. The van der Waals surface area contributed by atoms with Crippen LogP contribution in [0, 0.1) is 0 Å². The SMILES string of the molecule is O=C(Nc1ccc(-c2cn3ccsc3n2)cc1)C1CC(c2ccccc2)=NO1. The van der Waals surface area contributed by atoms with E-state index in [-0.39, 0.29) is 5.91 Å². The first kappa shape index (κ1) is 16.7. The third-order valence-electron chi connectivity index (χ3n) is 4.61. The van der Waals surface area contributed by atoms with Crippen LogP contribution < -0.4 is 5.32 Å². The zero-order valence-electron chi connectivity index (χ0n) is 14.8. The molecule has 0 saturated heterocycles. The number of imidazole rings is 1. The van der Waals surface area contributed by atoms with Crippen LogP contribution in [0.15, 0.2) is 77.5 Å². The lowest BCUT2D eigenvalue weighted by Gasteiger charge is -2.10. The number of amides is 1. The van der Waals surface area contributed by atoms with Crippen molar-refractivity contribution < 1.29 is 9.63 Å². The van der Waals surface area contributed by atoms with Crippen LogP contribution in [0.3, 0.4) is 0 Å². The van der Waals surface area contributed by atoms with Gasteiger partial charge in [-0.25, -0.2) is 4.98 Å². The maximum Gasteiger partial charge on any atom is 0.268 e. The highest BCUT2D eigenvalue weighted by Gasteiger charge is 2.28. The van der Waals surface area contributed by atoms with E-state index >= 15 is 0 Å². The van der Waals surface area contributed by atoms with Gasteiger partial charge in [-0.1, -0.05) is 47.6 Å². The van der Waals surface area contributed by atoms with Gasteiger partial charge < -0.3 is 10.2 Å². The van der Waals surface area contributed by atoms with E-state index in [2.05, 4.69) is 15.5 Å². The Morgan fingerprint density at radius 3 is 2.71 bits per heavy atom. The topological polar surface area (TPSA) is 68.0 Å². The zero-order valence-corrected chi connectivity index (χ0v) is 15.6. The molecule has 1 unspecified atom stereocenters. The summed E-state index contributed by atoms with van der Waals surface area (Å²) in [5, 5.41) is 8.96. The van der Waals surface area contributed by atoms with Crippen molar-refractivity contribution in [1.29, 1.82) is 0 Å². The lowest BCUT2D eigenvalue weighted by atomic mass is 10.0. The second kappa shape index (κ2) is 6.94. The number of carbonyl (C=O) groups is 1. The summed E-state index contributed by atoms with van der Waals surface area (Å²) in [6.45, 7) is 0. The van der Waals surface area contributed by atoms with Gasteiger partial charge in [0.1, 0.15) is 0 Å². The Labute approximate surface area is 165 Å². The van der Waals surface area contributed by atoms with Crippen molar-refractivity contribution in [3.63, 3.8) is 0 Å². The Morgan fingerprint density at radius 2 is 1.93 bits per heavy atom. The molecule has 6 nitrogen and oxygen atoms in total. The molecular formula is C21H16N4O2S. The van der Waals surface area contributed by atoms with Crippen LogP contribution in [-0.4, -0.2) is 27.1 Å². The minimum Gasteiger partial charge on any atom is -0.382 e. The molecule has 5 rings (SSSR count). The van der Waals surface area contributed by atoms with Gasteiger partial charge in [0.2, 0.25) is 6.10 Å². The predicted molar refractivity (Wildman–Crippen MR) is 110 cm³/mol. The fraction of sp³-hybridized carbons (Fsp3) is 0.0952. The van der Waals surface area contributed by atoms with Crippen molar-refractivity contribution in [2.75, 3.05) is 5.32 Å². The summed E-state index contributed by atoms with van der Waals surface area (Å²) >= 11 is 1.60. The standard InChI is InChI=1S/C21H16N4O2S/c26-20(19-12-17(24-27-19)14-4-2-1-3-5-14)22-16-8-6-15(7-9-16)18-13-25-10-11-28-21(25)23-18/h1-11,13,19H,12H2,(H,22,26). The summed E-state index contributed by atoms with van der Waals surface area (Å²) in [5.74, 6) is -0.204. The Morgan fingerprint density at radius 1 is 1.11 bits per heavy atom. The average Bonchev–Trinajstić information content (AvgIpc) is 3.45. The quantitative estimate of drug-likeness (QED) is 0.570. The van der Waals surface area contributed by atoms with E-state index in [4.69, 9.17) is 4.84 Å². The summed E-state index contributed by atoms with van der Waals surface area (Å²) < 4.78 is 2.00. The molecule has 7 heteroatoms. The molecule has 1 amide bonds. The van der Waals surface area contributed by atoms with Crippen molar-refractivity contribution in [3.05, 3.63) is 77.9 Å². The number of carbonyl (C=O) groups excluding carboxylic acids is 1. The van der Waals surface area contributed by atoms with E-state index in [1.807, 2.05) is 76.8 Å². The number of thiazole rings is 1. The molecule has 138 valence electrons. The average molecular weight is 388 g/mol. The predicted octanol–water partition coefficient (Wildman–Crippen LogP) is 4.19. The number of oxime groups is 1. The maximum absolute atomic E-state index is 12.5. The first-order valence-corrected chi connectivity index (χ1v) is 9.76. The molecule has 4 aromatic rings. The largest absolute Gasteiger partial charge is 0.382 e. The highest BCUT2D eigenvalue weighted by molar-refractivity contribution is 7.15. The van der Waals surface area contributed by atoms with E-state index in [1.54, 1.807) is 11.3 Å². The summed E-state index contributed by atoms with van der Waals surface area (Å²) in [7, 11) is 0. The molecule has 0 spiro atoms. The van der Waals surface area contributed by atoms with Crippen molar-refractivity contribution in [2.24, 2.45) is 5.16 Å². The molecule has 2 aromatic heterocycles. The van der Waals surface area contributed by atoms with Gasteiger partial charge in [0, 0.05) is 35.4 Å². The Bertz CT molecular complexity index is 1130. The second-order valence-corrected chi connectivity index (χ2v) is 7.36. The van der Waals surface area contributed by atoms with Gasteiger partial charge in [-0.2, -0.15) is 0 Å². The smallest absolute Gasteiger partial charge is 0.268 e. The first-order chi connectivity index (χ1) is 13.8. The number of nitrogens with zero attached hydrogens (tertiary/aromatic N) is 3. The molecule has 28 heavy (non-hydrogen) atoms. The highest BCUT2D eigenvalue weighted by Crippen LogP contribution is 2.24. The number of hydrogen-bond donors (Lipinski definition) is 1. The Kier molecular flexibility index (Phi) is 4.14. The minimum absolute atomic E-state index is 0.204. The molecule has 0 fully saturated rings. The van der Waals surface area contributed by atoms with Crippen molar-refractivity contribution >= 4 is 33.6 Å². The molecule has 1 N–H and O–H groups in total. The maximum atomic E-state index is 12.5. The van der Waals surface area contributed by atoms with Crippen LogP contribution in [0.2, 0.25) is 0 Å². The number of aromatic nitrogens is 2. The van der Waals surface area contributed by atoms with E-state index in [1.165, 1.54) is 0 Å². The van der Waals surface area contributed by atoms with Gasteiger partial charge in [0.15, 0.2) is 4.96 Å². The highest BCUT2D eigenvalue weighted by atomic mass is 32.1. The van der Waals surface area contributed by atoms with E-state index in [0.717, 1.165) is 27.5 Å². The summed E-state index contributed by atoms with van der Waals surface area (Å²) in [5.41, 5.74) is 4.38. The number of fused-ring (bicyclic) bond motifs is 1. The number of nitrogens with one attached hydrogen (secondary N) is 1. The van der Waals surface area contributed by atoms with E-state index < -0.39 is 6.10 Å². The minimum atomic E-state index is -0.616. The van der Waals surface area contributed by atoms with Gasteiger partial charge in [-0.3, -0.25) is 9.20 Å². The van der Waals surface area contributed by atoms with Crippen LogP contribution in [0.4, 0.5) is 5.69 Å². The molecule has 1 aliphatic heterocycles. The second-order valence-electron chi connectivity index (χ2n) is 6.49. The van der Waals surface area contributed by atoms with Crippen LogP contribution in [-0.2, 0) is 9.63 Å². The monoisotopic (exact) mass is 388 g/mol. The molecule has 0 bridgehead atoms. The van der Waals surface area contributed by atoms with E-state index in [9.17, 15) is 4.79 Å². The third kappa shape index (κ3) is 3.16. The van der Waals surface area contributed by atoms with E-state index in [0.29, 0.717) is 12.1 Å². The van der Waals surface area contributed by atoms with Gasteiger partial charge >= 0.3 is 0 Å². The van der Waals surface area contributed by atoms with Crippen molar-refractivity contribution in [1.82, 2.24) is 9.38 Å². The number of benzene rings is 2. The molecule has 0 radical (unpaired) electrons. The van der Waals surface area contributed by atoms with Crippen LogP contribution in [0.5, 0.6) is 0 Å². The Balaban J connectivity index is 1.24. The number of anilines is 1. The summed E-state index contributed by atoms with van der Waals surface area (Å²) in [6.07, 6.45) is 3.82. The lowest BCUT2D eigenvalue weighted by Crippen LogP contribution is -2.28. The number of hydrogen-bond acceptors (Lipinski definition) is 5. The van der Waals surface area contributed by atoms with Gasteiger partial charge in [0.25, 0.3) is 5.91 Å². The first-order valence-electron chi connectivity index (χ1n) is 8.88. The van der Waals surface area contributed by atoms with Crippen LogP contribution in [0.1, 0.15) is 12.0 Å². The van der Waals surface area contributed by atoms with Crippen LogP contribution in [0.25, 0.3) is 16.2 Å². The third-order valence-corrected chi connectivity index (χ3v) is 5.38. The fourth-order valence-corrected chi connectivity index (χ4v) is 3.83. The molecule has 1 atom stereocenters. The molecular weight excluding hydrogens is 372 g/mol. The normalized spacial score (nSPS) is 16.0. The van der Waals surface area contributed by atoms with Gasteiger partial charge in [-0.05, 0) is 17.7 Å². The Hall–Kier alpha value is -3.45. The molecule has 0 aliphatic carbocycles. The molecule has 1 aliphatic rings. The number of rotatable bonds is 4. The zero-order chi connectivity index (χ0) is 18.9. The van der Waals surface area contributed by atoms with Crippen LogP contribution >= 0.6 is 11.3 Å². The van der Waals surface area contributed by atoms with Gasteiger partial charge in [0.05, 0.1) is 11.4 Å². The molecule has 2 aromatic carbocycles. The van der Waals surface area contributed by atoms with Crippen molar-refractivity contribution in [2.45, 2.75) is 12.5 Å². The molecule has 3 heterocycles. The van der Waals surface area contributed by atoms with Gasteiger partial charge in [-0.15, -0.1) is 11.3 Å². The summed E-state index contributed by atoms with van der Waals surface area (Å²) in [6, 6.07) is 17.4.